The summed E-state index contributed by atoms with van der Waals surface area (Å²) in [6.45, 7) is 3.92. The van der Waals surface area contributed by atoms with Crippen molar-refractivity contribution in [2.45, 2.75) is 20.0 Å². The fourth-order valence-electron chi connectivity index (χ4n) is 2.33. The third-order valence-corrected chi connectivity index (χ3v) is 4.27. The van der Waals surface area contributed by atoms with Crippen molar-refractivity contribution in [3.05, 3.63) is 72.4 Å². The quantitative estimate of drug-likeness (QED) is 0.492. The molecule has 0 aliphatic carbocycles. The van der Waals surface area contributed by atoms with Gasteiger partial charge in [-0.25, -0.2) is 4.79 Å². The Hall–Kier alpha value is -2.42. The Morgan fingerprint density at radius 2 is 1.96 bits per heavy atom. The van der Waals surface area contributed by atoms with Gasteiger partial charge in [-0.2, -0.15) is 5.10 Å². The second-order valence-corrected chi connectivity index (χ2v) is 6.86. The maximum absolute atomic E-state index is 12.4. The first kappa shape index (κ1) is 17.4. The molecule has 0 atom stereocenters. The number of halogens is 1. The van der Waals surface area contributed by atoms with Crippen LogP contribution < -0.4 is 16.0 Å². The lowest BCUT2D eigenvalue weighted by Crippen LogP contribution is -2.32. The van der Waals surface area contributed by atoms with Crippen LogP contribution in [0.3, 0.4) is 0 Å². The van der Waals surface area contributed by atoms with Gasteiger partial charge < -0.3 is 9.72 Å². The maximum Gasteiger partial charge on any atom is 0.349 e. The number of aromatic nitrogens is 2. The van der Waals surface area contributed by atoms with Gasteiger partial charge in [-0.3, -0.25) is 4.79 Å². The number of rotatable bonds is 4. The van der Waals surface area contributed by atoms with Gasteiger partial charge in [0.1, 0.15) is 5.75 Å². The Balaban J connectivity index is 1.97. The zero-order valence-corrected chi connectivity index (χ0v) is 15.9. The summed E-state index contributed by atoms with van der Waals surface area (Å²) >= 11 is 2.18. The summed E-state index contributed by atoms with van der Waals surface area (Å²) in [5, 5.41) is 4.46. The maximum atomic E-state index is 12.4. The molecule has 1 N–H and O–H groups in total. The van der Waals surface area contributed by atoms with E-state index >= 15 is 0 Å². The average Bonchev–Trinajstić information content (AvgIpc) is 2.56. The molecule has 0 aliphatic rings. The fourth-order valence-corrected chi connectivity index (χ4v) is 3.00. The van der Waals surface area contributed by atoms with Crippen LogP contribution in [0.15, 0.2) is 57.2 Å². The molecule has 2 aromatic carbocycles. The van der Waals surface area contributed by atoms with E-state index in [1.54, 1.807) is 24.3 Å². The molecule has 0 bridgehead atoms. The second kappa shape index (κ2) is 7.22. The molecule has 1 aromatic heterocycles. The minimum atomic E-state index is -0.575. The predicted molar refractivity (Wildman–Crippen MR) is 107 cm³/mol. The third-order valence-electron chi connectivity index (χ3n) is 3.42. The molecule has 1 heterocycles. The summed E-state index contributed by atoms with van der Waals surface area (Å²) in [4.78, 5) is 27.2. The van der Waals surface area contributed by atoms with Crippen LogP contribution in [0.2, 0.25) is 0 Å². The van der Waals surface area contributed by atoms with Crippen molar-refractivity contribution in [3.8, 4) is 5.75 Å². The number of para-hydroxylation sites is 1. The van der Waals surface area contributed by atoms with Crippen LogP contribution >= 0.6 is 22.6 Å². The SMILES string of the molecule is CC(C)Oc1ccc(C=Nn2c(=O)[nH]c3ccccc3c2=O)cc1I. The summed E-state index contributed by atoms with van der Waals surface area (Å²) < 4.78 is 7.44. The Kier molecular flexibility index (Phi) is 5.03. The number of benzene rings is 2. The van der Waals surface area contributed by atoms with Gasteiger partial charge in [0.15, 0.2) is 0 Å². The lowest BCUT2D eigenvalue weighted by atomic mass is 10.2. The van der Waals surface area contributed by atoms with Crippen molar-refractivity contribution in [1.82, 2.24) is 9.66 Å². The average molecular weight is 449 g/mol. The third kappa shape index (κ3) is 3.81. The van der Waals surface area contributed by atoms with Gasteiger partial charge in [0.2, 0.25) is 0 Å². The molecule has 0 fully saturated rings. The Morgan fingerprint density at radius 3 is 2.68 bits per heavy atom. The van der Waals surface area contributed by atoms with Gasteiger partial charge in [-0.15, -0.1) is 4.68 Å². The van der Waals surface area contributed by atoms with E-state index in [1.165, 1.54) is 6.21 Å². The van der Waals surface area contributed by atoms with Crippen molar-refractivity contribution >= 4 is 39.7 Å². The largest absolute Gasteiger partial charge is 0.490 e. The van der Waals surface area contributed by atoms with Gasteiger partial charge in [-0.05, 0) is 72.3 Å². The van der Waals surface area contributed by atoms with E-state index in [2.05, 4.69) is 32.7 Å². The van der Waals surface area contributed by atoms with Gasteiger partial charge in [0.25, 0.3) is 5.56 Å². The van der Waals surface area contributed by atoms with Crippen LogP contribution in [0.25, 0.3) is 10.9 Å². The highest BCUT2D eigenvalue weighted by molar-refractivity contribution is 14.1. The molecule has 128 valence electrons. The molecule has 0 saturated carbocycles. The molecule has 0 unspecified atom stereocenters. The molecule has 0 saturated heterocycles. The van der Waals surface area contributed by atoms with Crippen molar-refractivity contribution < 1.29 is 4.74 Å². The van der Waals surface area contributed by atoms with Crippen LogP contribution in [0.1, 0.15) is 19.4 Å². The minimum Gasteiger partial charge on any atom is -0.490 e. The molecule has 3 rings (SSSR count). The second-order valence-electron chi connectivity index (χ2n) is 5.69. The van der Waals surface area contributed by atoms with Crippen LogP contribution in [-0.2, 0) is 0 Å². The molecule has 7 heteroatoms. The van der Waals surface area contributed by atoms with Gasteiger partial charge in [0, 0.05) is 0 Å². The molecular formula is C18H16IN3O3. The standard InChI is InChI=1S/C18H16IN3O3/c1-11(2)25-16-8-7-12(9-14(16)19)10-20-22-17(23)13-5-3-4-6-15(13)21-18(22)24/h3-11H,1-2H3,(H,21,24). The summed E-state index contributed by atoms with van der Waals surface area (Å²) in [5.74, 6) is 0.786. The van der Waals surface area contributed by atoms with E-state index in [4.69, 9.17) is 4.74 Å². The van der Waals surface area contributed by atoms with Crippen molar-refractivity contribution in [3.63, 3.8) is 0 Å². The van der Waals surface area contributed by atoms with Gasteiger partial charge in [0.05, 0.1) is 26.8 Å². The highest BCUT2D eigenvalue weighted by Crippen LogP contribution is 2.22. The van der Waals surface area contributed by atoms with Crippen LogP contribution in [0, 0.1) is 3.57 Å². The highest BCUT2D eigenvalue weighted by atomic mass is 127. The summed E-state index contributed by atoms with van der Waals surface area (Å²) in [6.07, 6.45) is 1.56. The minimum absolute atomic E-state index is 0.0859. The number of hydrogen-bond donors (Lipinski definition) is 1. The molecule has 0 radical (unpaired) electrons. The molecule has 0 spiro atoms. The molecule has 25 heavy (non-hydrogen) atoms. The Morgan fingerprint density at radius 1 is 1.20 bits per heavy atom. The van der Waals surface area contributed by atoms with Crippen LogP contribution in [0.4, 0.5) is 0 Å². The van der Waals surface area contributed by atoms with Crippen LogP contribution in [0.5, 0.6) is 5.75 Å². The zero-order valence-electron chi connectivity index (χ0n) is 13.7. The number of H-pyrrole nitrogens is 1. The van der Waals surface area contributed by atoms with E-state index in [1.807, 2.05) is 32.0 Å². The zero-order chi connectivity index (χ0) is 18.0. The molecule has 6 nitrogen and oxygen atoms in total. The highest BCUT2D eigenvalue weighted by Gasteiger charge is 2.06. The number of nitrogens with zero attached hydrogens (tertiary/aromatic N) is 2. The van der Waals surface area contributed by atoms with Gasteiger partial charge >= 0.3 is 5.69 Å². The van der Waals surface area contributed by atoms with Crippen molar-refractivity contribution in [1.29, 1.82) is 0 Å². The number of hydrogen-bond acceptors (Lipinski definition) is 4. The first-order valence-electron chi connectivity index (χ1n) is 7.70. The number of ether oxygens (including phenoxy) is 1. The Bertz CT molecular complexity index is 1070. The van der Waals surface area contributed by atoms with Gasteiger partial charge in [-0.1, -0.05) is 12.1 Å². The smallest absolute Gasteiger partial charge is 0.349 e. The normalized spacial score (nSPS) is 11.5. The first-order valence-corrected chi connectivity index (χ1v) is 8.78. The molecule has 0 aliphatic heterocycles. The topological polar surface area (TPSA) is 76.5 Å². The van der Waals surface area contributed by atoms with Crippen molar-refractivity contribution in [2.75, 3.05) is 0 Å². The number of nitrogens with one attached hydrogen (secondary N) is 1. The van der Waals surface area contributed by atoms with E-state index in [-0.39, 0.29) is 6.10 Å². The fraction of sp³-hybridized carbons (Fsp3) is 0.167. The first-order chi connectivity index (χ1) is 12.0. The Labute approximate surface area is 157 Å². The van der Waals surface area contributed by atoms with E-state index < -0.39 is 11.2 Å². The molecule has 0 amide bonds. The number of aromatic amines is 1. The predicted octanol–water partition coefficient (Wildman–Crippen LogP) is 2.96. The number of fused-ring (bicyclic) bond motifs is 1. The van der Waals surface area contributed by atoms with E-state index in [9.17, 15) is 9.59 Å². The molecule has 3 aromatic rings. The summed E-state index contributed by atoms with van der Waals surface area (Å²) in [5.41, 5.74) is 0.230. The van der Waals surface area contributed by atoms with Crippen molar-refractivity contribution in [2.24, 2.45) is 5.10 Å². The lowest BCUT2D eigenvalue weighted by molar-refractivity contribution is 0.240. The van der Waals surface area contributed by atoms with Crippen LogP contribution in [-0.4, -0.2) is 22.0 Å². The molecular weight excluding hydrogens is 433 g/mol. The summed E-state index contributed by atoms with van der Waals surface area (Å²) in [6, 6.07) is 12.4. The van der Waals surface area contributed by atoms with E-state index in [0.29, 0.717) is 10.9 Å². The van der Waals surface area contributed by atoms with E-state index in [0.717, 1.165) is 19.6 Å². The summed E-state index contributed by atoms with van der Waals surface area (Å²) in [7, 11) is 0. The lowest BCUT2D eigenvalue weighted by Gasteiger charge is -2.11. The monoisotopic (exact) mass is 449 g/mol.